The van der Waals surface area contributed by atoms with Gasteiger partial charge in [-0.1, -0.05) is 19.1 Å². The summed E-state index contributed by atoms with van der Waals surface area (Å²) in [6, 6.07) is 14.8. The lowest BCUT2D eigenvalue weighted by Gasteiger charge is -2.19. The molecule has 1 heterocycles. The van der Waals surface area contributed by atoms with Crippen LogP contribution in [-0.4, -0.2) is 23.2 Å². The minimum absolute atomic E-state index is 0.0468. The molecule has 0 saturated heterocycles. The molecule has 0 saturated carbocycles. The highest BCUT2D eigenvalue weighted by atomic mass is 16.5. The molecule has 2 aromatic carbocycles. The van der Waals surface area contributed by atoms with Crippen molar-refractivity contribution in [3.05, 3.63) is 64.7 Å². The summed E-state index contributed by atoms with van der Waals surface area (Å²) in [6.07, 6.45) is 0. The van der Waals surface area contributed by atoms with Gasteiger partial charge in [-0.05, 0) is 49.9 Å². The fraction of sp³-hybridized carbons (Fsp3) is 0.263. The molecule has 0 radical (unpaired) electrons. The summed E-state index contributed by atoms with van der Waals surface area (Å²) in [5.74, 6) is 1.45. The molecule has 3 aromatic rings. The summed E-state index contributed by atoms with van der Waals surface area (Å²) in [5.41, 5.74) is 1.43. The fourth-order valence-electron chi connectivity index (χ4n) is 2.82. The van der Waals surface area contributed by atoms with E-state index in [-0.39, 0.29) is 11.6 Å². The summed E-state index contributed by atoms with van der Waals surface area (Å²) in [7, 11) is 1.62. The van der Waals surface area contributed by atoms with Gasteiger partial charge in [-0.15, -0.1) is 0 Å². The van der Waals surface area contributed by atoms with Crippen LogP contribution < -0.4 is 15.6 Å². The number of aromatic nitrogens is 2. The third kappa shape index (κ3) is 2.90. The average Bonchev–Trinajstić information content (AvgIpc) is 2.62. The second kappa shape index (κ2) is 6.84. The first-order valence-corrected chi connectivity index (χ1v) is 8.05. The van der Waals surface area contributed by atoms with Crippen LogP contribution in [-0.2, 0) is 0 Å². The Morgan fingerprint density at radius 3 is 2.54 bits per heavy atom. The molecule has 1 N–H and O–H groups in total. The Balaban J connectivity index is 2.27. The number of rotatable bonds is 5. The van der Waals surface area contributed by atoms with Crippen LogP contribution in [0.15, 0.2) is 53.3 Å². The van der Waals surface area contributed by atoms with E-state index >= 15 is 0 Å². The van der Waals surface area contributed by atoms with E-state index in [1.807, 2.05) is 62.4 Å². The molecule has 24 heavy (non-hydrogen) atoms. The maximum atomic E-state index is 13.1. The van der Waals surface area contributed by atoms with Gasteiger partial charge in [0.15, 0.2) is 0 Å². The zero-order valence-corrected chi connectivity index (χ0v) is 14.1. The lowest BCUT2D eigenvalue weighted by Crippen LogP contribution is -2.30. The molecule has 3 rings (SSSR count). The van der Waals surface area contributed by atoms with Crippen molar-refractivity contribution in [1.82, 2.24) is 14.9 Å². The molecule has 0 aliphatic carbocycles. The Morgan fingerprint density at radius 1 is 1.17 bits per heavy atom. The molecular formula is C19H21N3O2. The highest BCUT2D eigenvalue weighted by Gasteiger charge is 2.17. The van der Waals surface area contributed by atoms with Crippen molar-refractivity contribution in [3.8, 4) is 11.4 Å². The van der Waals surface area contributed by atoms with Crippen LogP contribution in [0.25, 0.3) is 16.6 Å². The van der Waals surface area contributed by atoms with Crippen LogP contribution in [0.5, 0.6) is 5.75 Å². The van der Waals surface area contributed by atoms with Gasteiger partial charge in [-0.3, -0.25) is 9.36 Å². The molecule has 0 bridgehead atoms. The van der Waals surface area contributed by atoms with Crippen molar-refractivity contribution >= 4 is 10.9 Å². The highest BCUT2D eigenvalue weighted by molar-refractivity contribution is 5.77. The Bertz CT molecular complexity index is 901. The topological polar surface area (TPSA) is 56.2 Å². The zero-order chi connectivity index (χ0) is 17.1. The largest absolute Gasteiger partial charge is 0.497 e. The Kier molecular flexibility index (Phi) is 4.62. The van der Waals surface area contributed by atoms with Gasteiger partial charge in [0, 0.05) is 0 Å². The standard InChI is InChI=1S/C19H21N3O2/c1-4-20-13(2)18-21-17-8-6-5-7-16(17)19(23)22(18)14-9-11-15(24-3)12-10-14/h5-13,20H,4H2,1-3H3/t13-/m0/s1. The van der Waals surface area contributed by atoms with E-state index in [0.717, 1.165) is 18.0 Å². The summed E-state index contributed by atoms with van der Waals surface area (Å²) in [4.78, 5) is 17.8. The quantitative estimate of drug-likeness (QED) is 0.784. The highest BCUT2D eigenvalue weighted by Crippen LogP contribution is 2.20. The number of benzene rings is 2. The SMILES string of the molecule is CCN[C@@H](C)c1nc2ccccc2c(=O)n1-c1ccc(OC)cc1. The summed E-state index contributed by atoms with van der Waals surface area (Å²) >= 11 is 0. The van der Waals surface area contributed by atoms with Crippen molar-refractivity contribution in [2.45, 2.75) is 19.9 Å². The van der Waals surface area contributed by atoms with E-state index in [2.05, 4.69) is 5.32 Å². The molecule has 0 unspecified atom stereocenters. The van der Waals surface area contributed by atoms with Crippen molar-refractivity contribution in [1.29, 1.82) is 0 Å². The molecule has 0 aliphatic heterocycles. The van der Waals surface area contributed by atoms with E-state index in [1.54, 1.807) is 11.7 Å². The van der Waals surface area contributed by atoms with Gasteiger partial charge in [0.05, 0.1) is 29.7 Å². The van der Waals surface area contributed by atoms with Crippen LogP contribution in [0.2, 0.25) is 0 Å². The van der Waals surface area contributed by atoms with Crippen LogP contribution in [0.4, 0.5) is 0 Å². The molecule has 5 nitrogen and oxygen atoms in total. The third-order valence-electron chi connectivity index (χ3n) is 4.03. The van der Waals surface area contributed by atoms with Gasteiger partial charge in [-0.25, -0.2) is 4.98 Å². The lowest BCUT2D eigenvalue weighted by atomic mass is 10.2. The first-order chi connectivity index (χ1) is 11.7. The molecule has 1 atom stereocenters. The van der Waals surface area contributed by atoms with Crippen LogP contribution >= 0.6 is 0 Å². The first kappa shape index (κ1) is 16.2. The molecular weight excluding hydrogens is 302 g/mol. The number of ether oxygens (including phenoxy) is 1. The summed E-state index contributed by atoms with van der Waals surface area (Å²) in [5, 5.41) is 3.95. The van der Waals surface area contributed by atoms with E-state index in [9.17, 15) is 4.79 Å². The van der Waals surface area contributed by atoms with Crippen LogP contribution in [0.3, 0.4) is 0 Å². The zero-order valence-electron chi connectivity index (χ0n) is 14.1. The maximum absolute atomic E-state index is 13.1. The second-order valence-corrected chi connectivity index (χ2v) is 5.61. The normalized spacial score (nSPS) is 12.3. The van der Waals surface area contributed by atoms with Crippen molar-refractivity contribution in [2.75, 3.05) is 13.7 Å². The van der Waals surface area contributed by atoms with E-state index in [1.165, 1.54) is 0 Å². The number of para-hydroxylation sites is 1. The minimum atomic E-state index is -0.0643. The smallest absolute Gasteiger partial charge is 0.266 e. The van der Waals surface area contributed by atoms with Gasteiger partial charge in [0.25, 0.3) is 5.56 Å². The second-order valence-electron chi connectivity index (χ2n) is 5.61. The molecule has 0 fully saturated rings. The molecule has 0 amide bonds. The van der Waals surface area contributed by atoms with Gasteiger partial charge in [0.2, 0.25) is 0 Å². The third-order valence-corrected chi connectivity index (χ3v) is 4.03. The van der Waals surface area contributed by atoms with Gasteiger partial charge in [-0.2, -0.15) is 0 Å². The minimum Gasteiger partial charge on any atom is -0.497 e. The van der Waals surface area contributed by atoms with Crippen LogP contribution in [0.1, 0.15) is 25.7 Å². The molecule has 1 aromatic heterocycles. The Morgan fingerprint density at radius 2 is 1.88 bits per heavy atom. The number of hydrogen-bond acceptors (Lipinski definition) is 4. The van der Waals surface area contributed by atoms with Crippen molar-refractivity contribution < 1.29 is 4.74 Å². The Hall–Kier alpha value is -2.66. The number of methoxy groups -OCH3 is 1. The monoisotopic (exact) mass is 323 g/mol. The number of nitrogens with zero attached hydrogens (tertiary/aromatic N) is 2. The summed E-state index contributed by atoms with van der Waals surface area (Å²) in [6.45, 7) is 4.85. The van der Waals surface area contributed by atoms with E-state index in [4.69, 9.17) is 9.72 Å². The fourth-order valence-corrected chi connectivity index (χ4v) is 2.82. The molecule has 124 valence electrons. The van der Waals surface area contributed by atoms with Crippen LogP contribution in [0, 0.1) is 0 Å². The Labute approximate surface area is 140 Å². The van der Waals surface area contributed by atoms with Crippen molar-refractivity contribution in [3.63, 3.8) is 0 Å². The predicted octanol–water partition coefficient (Wildman–Crippen LogP) is 3.06. The van der Waals surface area contributed by atoms with Crippen molar-refractivity contribution in [2.24, 2.45) is 0 Å². The predicted molar refractivity (Wildman–Crippen MR) is 96.0 cm³/mol. The number of nitrogens with one attached hydrogen (secondary N) is 1. The van der Waals surface area contributed by atoms with Gasteiger partial charge >= 0.3 is 0 Å². The molecule has 0 spiro atoms. The average molecular weight is 323 g/mol. The summed E-state index contributed by atoms with van der Waals surface area (Å²) < 4.78 is 6.88. The molecule has 5 heteroatoms. The molecule has 0 aliphatic rings. The van der Waals surface area contributed by atoms with Gasteiger partial charge < -0.3 is 10.1 Å². The number of fused-ring (bicyclic) bond motifs is 1. The van der Waals surface area contributed by atoms with Gasteiger partial charge in [0.1, 0.15) is 11.6 Å². The maximum Gasteiger partial charge on any atom is 0.266 e. The number of hydrogen-bond donors (Lipinski definition) is 1. The van der Waals surface area contributed by atoms with E-state index in [0.29, 0.717) is 16.7 Å². The lowest BCUT2D eigenvalue weighted by molar-refractivity contribution is 0.414. The van der Waals surface area contributed by atoms with E-state index < -0.39 is 0 Å². The first-order valence-electron chi connectivity index (χ1n) is 8.05.